The van der Waals surface area contributed by atoms with Crippen molar-refractivity contribution in [1.82, 2.24) is 21.1 Å². The fourth-order valence-corrected chi connectivity index (χ4v) is 4.76. The van der Waals surface area contributed by atoms with Crippen LogP contribution < -0.4 is 16.2 Å². The van der Waals surface area contributed by atoms with E-state index in [1.54, 1.807) is 12.1 Å². The summed E-state index contributed by atoms with van der Waals surface area (Å²) in [6.07, 6.45) is 8.11. The second kappa shape index (κ2) is 8.57. The third kappa shape index (κ3) is 4.20. The second-order valence-electron chi connectivity index (χ2n) is 8.24. The first-order chi connectivity index (χ1) is 13.6. The Morgan fingerprint density at radius 1 is 1.00 bits per heavy atom. The van der Waals surface area contributed by atoms with Gasteiger partial charge in [0.05, 0.1) is 0 Å². The van der Waals surface area contributed by atoms with Crippen LogP contribution in [0.3, 0.4) is 0 Å². The number of benzene rings is 1. The highest BCUT2D eigenvalue weighted by molar-refractivity contribution is 5.94. The van der Waals surface area contributed by atoms with Crippen molar-refractivity contribution in [2.45, 2.75) is 75.5 Å². The van der Waals surface area contributed by atoms with Crippen LogP contribution in [-0.4, -0.2) is 47.4 Å². The van der Waals surface area contributed by atoms with Crippen LogP contribution in [0.4, 0.5) is 4.39 Å². The first-order valence-electron chi connectivity index (χ1n) is 10.5. The Morgan fingerprint density at radius 3 is 2.46 bits per heavy atom. The van der Waals surface area contributed by atoms with E-state index in [9.17, 15) is 14.0 Å². The summed E-state index contributed by atoms with van der Waals surface area (Å²) in [5.41, 5.74) is 6.91. The van der Waals surface area contributed by atoms with E-state index in [0.717, 1.165) is 32.1 Å². The Bertz CT molecular complexity index is 705. The lowest BCUT2D eigenvalue weighted by molar-refractivity contribution is -0.123. The fraction of sp³-hybridized carbons (Fsp3) is 0.619. The molecule has 3 N–H and O–H groups in total. The molecule has 28 heavy (non-hydrogen) atoms. The molecule has 152 valence electrons. The maximum Gasteiger partial charge on any atom is 0.254 e. The molecule has 7 heteroatoms. The summed E-state index contributed by atoms with van der Waals surface area (Å²) in [6, 6.07) is 5.83. The van der Waals surface area contributed by atoms with Crippen LogP contribution in [0.5, 0.6) is 0 Å². The van der Waals surface area contributed by atoms with Gasteiger partial charge in [0.2, 0.25) is 5.91 Å². The average molecular weight is 388 g/mol. The first kappa shape index (κ1) is 19.3. The molecule has 0 spiro atoms. The van der Waals surface area contributed by atoms with Crippen molar-refractivity contribution < 1.29 is 14.0 Å². The molecule has 0 aromatic heterocycles. The number of piperidine rings is 1. The smallest absolute Gasteiger partial charge is 0.254 e. The van der Waals surface area contributed by atoms with Crippen LogP contribution in [0.15, 0.2) is 24.3 Å². The average Bonchev–Trinajstić information content (AvgIpc) is 3.40. The topological polar surface area (TPSA) is 73.5 Å². The van der Waals surface area contributed by atoms with E-state index < -0.39 is 0 Å². The molecule has 2 amide bonds. The third-order valence-electron chi connectivity index (χ3n) is 6.32. The number of rotatable bonds is 4. The summed E-state index contributed by atoms with van der Waals surface area (Å²) < 4.78 is 13.2. The summed E-state index contributed by atoms with van der Waals surface area (Å²) in [5.74, 6) is -0.357. The lowest BCUT2D eigenvalue weighted by Crippen LogP contribution is -2.53. The van der Waals surface area contributed by atoms with Crippen molar-refractivity contribution in [3.63, 3.8) is 0 Å². The van der Waals surface area contributed by atoms with Crippen molar-refractivity contribution in [2.75, 3.05) is 6.54 Å². The molecular formula is C21H29FN4O2. The highest BCUT2D eigenvalue weighted by Gasteiger charge is 2.39. The van der Waals surface area contributed by atoms with Gasteiger partial charge in [0.15, 0.2) is 0 Å². The molecule has 1 saturated carbocycles. The van der Waals surface area contributed by atoms with Gasteiger partial charge in [0, 0.05) is 30.2 Å². The zero-order chi connectivity index (χ0) is 19.5. The second-order valence-corrected chi connectivity index (χ2v) is 8.24. The molecule has 4 rings (SSSR count). The minimum absolute atomic E-state index is 0.0306. The van der Waals surface area contributed by atoms with Gasteiger partial charge in [-0.25, -0.2) is 9.82 Å². The molecule has 2 aliphatic heterocycles. The molecule has 1 aliphatic carbocycles. The number of hydrogen-bond donors (Lipinski definition) is 3. The number of likely N-dealkylation sites (tertiary alicyclic amines) is 1. The van der Waals surface area contributed by atoms with Crippen molar-refractivity contribution in [3.05, 3.63) is 35.6 Å². The van der Waals surface area contributed by atoms with Crippen molar-refractivity contribution >= 4 is 11.8 Å². The summed E-state index contributed by atoms with van der Waals surface area (Å²) >= 11 is 0. The molecule has 1 aromatic carbocycles. The zero-order valence-corrected chi connectivity index (χ0v) is 16.1. The maximum atomic E-state index is 13.2. The largest absolute Gasteiger partial charge is 0.352 e. The number of nitrogens with one attached hydrogen (secondary N) is 3. The van der Waals surface area contributed by atoms with Crippen molar-refractivity contribution in [2.24, 2.45) is 0 Å². The summed E-state index contributed by atoms with van der Waals surface area (Å²) in [4.78, 5) is 27.5. The quantitative estimate of drug-likeness (QED) is 0.739. The van der Waals surface area contributed by atoms with Crippen molar-refractivity contribution in [1.29, 1.82) is 0 Å². The van der Waals surface area contributed by atoms with E-state index in [1.165, 1.54) is 25.0 Å². The number of nitrogens with zero attached hydrogens (tertiary/aromatic N) is 1. The van der Waals surface area contributed by atoms with Gasteiger partial charge in [-0.1, -0.05) is 12.8 Å². The third-order valence-corrected chi connectivity index (χ3v) is 6.32. The standard InChI is InChI=1S/C21H29FN4O2/c22-15-10-8-14(9-11-15)21(28)26-12-4-3-7-19(26)17-13-18(25-24-17)20(27)23-16-5-1-2-6-16/h8-11,16-19,24-25H,1-7,12-13H2,(H,23,27). The van der Waals surface area contributed by atoms with E-state index in [2.05, 4.69) is 16.2 Å². The molecule has 6 nitrogen and oxygen atoms in total. The minimum Gasteiger partial charge on any atom is -0.352 e. The van der Waals surface area contributed by atoms with Gasteiger partial charge in [-0.05, 0) is 62.8 Å². The van der Waals surface area contributed by atoms with E-state index in [0.29, 0.717) is 24.6 Å². The van der Waals surface area contributed by atoms with Gasteiger partial charge in [-0.3, -0.25) is 15.0 Å². The lowest BCUT2D eigenvalue weighted by Gasteiger charge is -2.39. The van der Waals surface area contributed by atoms with Crippen LogP contribution in [0.2, 0.25) is 0 Å². The van der Waals surface area contributed by atoms with Crippen LogP contribution in [0.25, 0.3) is 0 Å². The summed E-state index contributed by atoms with van der Waals surface area (Å²) in [7, 11) is 0. The molecule has 0 radical (unpaired) electrons. The highest BCUT2D eigenvalue weighted by Crippen LogP contribution is 2.26. The zero-order valence-electron chi connectivity index (χ0n) is 16.1. The number of carbonyl (C=O) groups excluding carboxylic acids is 2. The molecule has 3 atom stereocenters. The molecular weight excluding hydrogens is 359 g/mol. The van der Waals surface area contributed by atoms with E-state index in [-0.39, 0.29) is 35.8 Å². The van der Waals surface area contributed by atoms with Crippen LogP contribution in [0, 0.1) is 5.82 Å². The molecule has 3 fully saturated rings. The van der Waals surface area contributed by atoms with Gasteiger partial charge < -0.3 is 10.2 Å². The lowest BCUT2D eigenvalue weighted by atomic mass is 9.92. The monoisotopic (exact) mass is 388 g/mol. The molecule has 2 saturated heterocycles. The predicted octanol–water partition coefficient (Wildman–Crippen LogP) is 2.11. The first-order valence-corrected chi connectivity index (χ1v) is 10.5. The van der Waals surface area contributed by atoms with E-state index in [1.807, 2.05) is 4.90 Å². The highest BCUT2D eigenvalue weighted by atomic mass is 19.1. The molecule has 3 aliphatic rings. The fourth-order valence-electron chi connectivity index (χ4n) is 4.76. The van der Waals surface area contributed by atoms with Gasteiger partial charge >= 0.3 is 0 Å². The van der Waals surface area contributed by atoms with E-state index in [4.69, 9.17) is 0 Å². The Balaban J connectivity index is 1.39. The number of halogens is 1. The molecule has 0 bridgehead atoms. The normalized spacial score (nSPS) is 28.5. The molecule has 1 aromatic rings. The number of carbonyl (C=O) groups is 2. The Morgan fingerprint density at radius 2 is 1.71 bits per heavy atom. The SMILES string of the molecule is O=C(NC1CCCC1)C1CC(C2CCCCN2C(=O)c2ccc(F)cc2)NN1. The van der Waals surface area contributed by atoms with Crippen LogP contribution in [0.1, 0.15) is 61.7 Å². The number of hydrazine groups is 1. The van der Waals surface area contributed by atoms with E-state index >= 15 is 0 Å². The maximum absolute atomic E-state index is 13.2. The van der Waals surface area contributed by atoms with Gasteiger partial charge in [-0.2, -0.15) is 0 Å². The number of amides is 2. The Kier molecular flexibility index (Phi) is 5.92. The van der Waals surface area contributed by atoms with Gasteiger partial charge in [0.25, 0.3) is 5.91 Å². The Labute approximate surface area is 165 Å². The number of hydrogen-bond acceptors (Lipinski definition) is 4. The predicted molar refractivity (Wildman–Crippen MR) is 104 cm³/mol. The molecule has 3 unspecified atom stereocenters. The molecule has 2 heterocycles. The summed E-state index contributed by atoms with van der Waals surface area (Å²) in [5, 5.41) is 3.15. The minimum atomic E-state index is -0.343. The Hall–Kier alpha value is -1.99. The van der Waals surface area contributed by atoms with Gasteiger partial charge in [-0.15, -0.1) is 0 Å². The van der Waals surface area contributed by atoms with Crippen LogP contribution >= 0.6 is 0 Å². The summed E-state index contributed by atoms with van der Waals surface area (Å²) in [6.45, 7) is 0.692. The van der Waals surface area contributed by atoms with Gasteiger partial charge in [0.1, 0.15) is 11.9 Å². The van der Waals surface area contributed by atoms with Crippen molar-refractivity contribution in [3.8, 4) is 0 Å². The van der Waals surface area contributed by atoms with Crippen LogP contribution in [-0.2, 0) is 4.79 Å².